The number of aromatic amines is 1. The first-order valence-electron chi connectivity index (χ1n) is 13.5. The molecule has 5 nitrogen and oxygen atoms in total. The van der Waals surface area contributed by atoms with Gasteiger partial charge in [-0.05, 0) is 66.4 Å². The average Bonchev–Trinajstić information content (AvgIpc) is 3.47. The Morgan fingerprint density at radius 1 is 0.854 bits per heavy atom. The van der Waals surface area contributed by atoms with Gasteiger partial charge in [0, 0.05) is 17.4 Å². The lowest BCUT2D eigenvalue weighted by Gasteiger charge is -2.33. The summed E-state index contributed by atoms with van der Waals surface area (Å²) in [5, 5.41) is 3.01. The second-order valence-electron chi connectivity index (χ2n) is 10.2. The van der Waals surface area contributed by atoms with E-state index >= 15 is 0 Å². The van der Waals surface area contributed by atoms with E-state index in [-0.39, 0.29) is 23.0 Å². The predicted octanol–water partition coefficient (Wildman–Crippen LogP) is 7.68. The SMILES string of the molecule is O=C(NC1CCCCC1)C(c1ccc(F)cc1)N(C(=O)c1ccc(-c2ccccc2)[nH]1)c1cccc(C(F)(F)F)c1. The summed E-state index contributed by atoms with van der Waals surface area (Å²) in [5.74, 6) is -1.81. The van der Waals surface area contributed by atoms with Gasteiger partial charge in [0.2, 0.25) is 5.91 Å². The van der Waals surface area contributed by atoms with Gasteiger partial charge in [-0.25, -0.2) is 4.39 Å². The van der Waals surface area contributed by atoms with E-state index in [9.17, 15) is 27.2 Å². The Labute approximate surface area is 235 Å². The fourth-order valence-corrected chi connectivity index (χ4v) is 5.24. The quantitative estimate of drug-likeness (QED) is 0.227. The Balaban J connectivity index is 1.62. The molecular formula is C32H29F4N3O2. The molecular weight excluding hydrogens is 534 g/mol. The number of carbonyl (C=O) groups is 2. The molecule has 0 spiro atoms. The van der Waals surface area contributed by atoms with E-state index in [0.717, 1.165) is 66.8 Å². The topological polar surface area (TPSA) is 65.2 Å². The molecule has 1 aliphatic carbocycles. The van der Waals surface area contributed by atoms with Crippen LogP contribution >= 0.6 is 0 Å². The number of hydrogen-bond donors (Lipinski definition) is 2. The molecule has 1 saturated carbocycles. The summed E-state index contributed by atoms with van der Waals surface area (Å²) >= 11 is 0. The summed E-state index contributed by atoms with van der Waals surface area (Å²) in [6.45, 7) is 0. The zero-order chi connectivity index (χ0) is 29.0. The number of hydrogen-bond acceptors (Lipinski definition) is 2. The number of halogens is 4. The minimum absolute atomic E-state index is 0.0823. The highest BCUT2D eigenvalue weighted by atomic mass is 19.4. The second kappa shape index (κ2) is 12.0. The van der Waals surface area contributed by atoms with Crippen LogP contribution < -0.4 is 10.2 Å². The van der Waals surface area contributed by atoms with Crippen molar-refractivity contribution in [3.8, 4) is 11.3 Å². The van der Waals surface area contributed by atoms with Crippen LogP contribution in [0.25, 0.3) is 11.3 Å². The first-order valence-corrected chi connectivity index (χ1v) is 13.5. The van der Waals surface area contributed by atoms with Crippen molar-refractivity contribution in [2.24, 2.45) is 0 Å². The van der Waals surface area contributed by atoms with Crippen LogP contribution in [0.2, 0.25) is 0 Å². The van der Waals surface area contributed by atoms with Crippen molar-refractivity contribution in [1.82, 2.24) is 10.3 Å². The Hall–Kier alpha value is -4.40. The molecule has 4 aromatic rings. The fourth-order valence-electron chi connectivity index (χ4n) is 5.24. The number of aromatic nitrogens is 1. The third kappa shape index (κ3) is 6.51. The van der Waals surface area contributed by atoms with Crippen molar-refractivity contribution in [1.29, 1.82) is 0 Å². The number of alkyl halides is 3. The van der Waals surface area contributed by atoms with E-state index in [1.54, 1.807) is 6.07 Å². The summed E-state index contributed by atoms with van der Waals surface area (Å²) in [6.07, 6.45) is -0.222. The van der Waals surface area contributed by atoms with Gasteiger partial charge in [-0.1, -0.05) is 67.8 Å². The number of nitrogens with zero attached hydrogens (tertiary/aromatic N) is 1. The molecule has 0 bridgehead atoms. The number of carbonyl (C=O) groups excluding carboxylic acids is 2. The molecule has 1 aliphatic rings. The van der Waals surface area contributed by atoms with Gasteiger partial charge < -0.3 is 10.3 Å². The molecule has 1 atom stereocenters. The number of rotatable bonds is 7. The molecule has 1 aromatic heterocycles. The molecule has 1 heterocycles. The number of amides is 2. The van der Waals surface area contributed by atoms with Crippen molar-refractivity contribution >= 4 is 17.5 Å². The van der Waals surface area contributed by atoms with Crippen LogP contribution in [0.1, 0.15) is 59.8 Å². The van der Waals surface area contributed by atoms with Crippen LogP contribution in [0.15, 0.2) is 91.0 Å². The monoisotopic (exact) mass is 563 g/mol. The minimum atomic E-state index is -4.67. The highest BCUT2D eigenvalue weighted by Crippen LogP contribution is 2.36. The van der Waals surface area contributed by atoms with Crippen LogP contribution in [-0.4, -0.2) is 22.8 Å². The van der Waals surface area contributed by atoms with Gasteiger partial charge in [0.05, 0.1) is 5.56 Å². The van der Waals surface area contributed by atoms with Gasteiger partial charge in [-0.15, -0.1) is 0 Å². The predicted molar refractivity (Wildman–Crippen MR) is 149 cm³/mol. The van der Waals surface area contributed by atoms with Gasteiger partial charge >= 0.3 is 6.18 Å². The van der Waals surface area contributed by atoms with Crippen molar-refractivity contribution in [3.05, 3.63) is 114 Å². The van der Waals surface area contributed by atoms with E-state index < -0.39 is 35.4 Å². The lowest BCUT2D eigenvalue weighted by Crippen LogP contribution is -2.47. The Bertz CT molecular complexity index is 1490. The third-order valence-electron chi connectivity index (χ3n) is 7.32. The molecule has 1 unspecified atom stereocenters. The van der Waals surface area contributed by atoms with Gasteiger partial charge in [0.15, 0.2) is 0 Å². The molecule has 9 heteroatoms. The van der Waals surface area contributed by atoms with Crippen molar-refractivity contribution in [3.63, 3.8) is 0 Å². The summed E-state index contributed by atoms with van der Waals surface area (Å²) in [7, 11) is 0. The molecule has 2 amide bonds. The molecule has 41 heavy (non-hydrogen) atoms. The zero-order valence-electron chi connectivity index (χ0n) is 22.1. The zero-order valence-corrected chi connectivity index (χ0v) is 22.1. The fraction of sp³-hybridized carbons (Fsp3) is 0.250. The average molecular weight is 564 g/mol. The van der Waals surface area contributed by atoms with Gasteiger partial charge in [-0.2, -0.15) is 13.2 Å². The number of H-pyrrole nitrogens is 1. The lowest BCUT2D eigenvalue weighted by molar-refractivity contribution is -0.137. The molecule has 0 aliphatic heterocycles. The highest BCUT2D eigenvalue weighted by molar-refractivity contribution is 6.09. The Morgan fingerprint density at radius 3 is 2.24 bits per heavy atom. The van der Waals surface area contributed by atoms with E-state index in [0.29, 0.717) is 5.69 Å². The minimum Gasteiger partial charge on any atom is -0.351 e. The van der Waals surface area contributed by atoms with Crippen LogP contribution in [0, 0.1) is 5.82 Å². The van der Waals surface area contributed by atoms with Crippen LogP contribution in [0.5, 0.6) is 0 Å². The maximum atomic E-state index is 14.2. The van der Waals surface area contributed by atoms with E-state index in [4.69, 9.17) is 0 Å². The van der Waals surface area contributed by atoms with Crippen molar-refractivity contribution in [2.75, 3.05) is 4.90 Å². The molecule has 0 radical (unpaired) electrons. The van der Waals surface area contributed by atoms with E-state index in [2.05, 4.69) is 10.3 Å². The Kier molecular flexibility index (Phi) is 8.23. The van der Waals surface area contributed by atoms with E-state index in [1.165, 1.54) is 30.3 Å². The number of anilines is 1. The van der Waals surface area contributed by atoms with Gasteiger partial charge in [0.25, 0.3) is 5.91 Å². The lowest BCUT2D eigenvalue weighted by atomic mass is 9.94. The number of benzene rings is 3. The maximum absolute atomic E-state index is 14.2. The van der Waals surface area contributed by atoms with Crippen LogP contribution in [0.4, 0.5) is 23.2 Å². The standard InChI is InChI=1S/C32H29F4N3O2/c33-24-16-14-22(15-17-24)29(30(40)37-25-11-5-2-6-12-25)39(26-13-7-10-23(20-26)32(34,35)36)31(41)28-19-18-27(38-28)21-8-3-1-4-9-21/h1,3-4,7-10,13-20,25,29,38H,2,5-6,11-12H2,(H,37,40). The highest BCUT2D eigenvalue weighted by Gasteiger charge is 2.37. The van der Waals surface area contributed by atoms with Crippen LogP contribution in [-0.2, 0) is 11.0 Å². The van der Waals surface area contributed by atoms with Crippen molar-refractivity contribution < 1.29 is 27.2 Å². The molecule has 5 rings (SSSR count). The summed E-state index contributed by atoms with van der Waals surface area (Å²) < 4.78 is 55.2. The second-order valence-corrected chi connectivity index (χ2v) is 10.2. The largest absolute Gasteiger partial charge is 0.416 e. The maximum Gasteiger partial charge on any atom is 0.416 e. The summed E-state index contributed by atoms with van der Waals surface area (Å²) in [6, 6.07) is 20.4. The molecule has 3 aromatic carbocycles. The molecule has 2 N–H and O–H groups in total. The third-order valence-corrected chi connectivity index (χ3v) is 7.32. The van der Waals surface area contributed by atoms with Gasteiger partial charge in [-0.3, -0.25) is 14.5 Å². The first kappa shape index (κ1) is 28.1. The number of nitrogens with one attached hydrogen (secondary N) is 2. The summed E-state index contributed by atoms with van der Waals surface area (Å²) in [5.41, 5.74) is 0.702. The first-order chi connectivity index (χ1) is 19.7. The molecule has 0 saturated heterocycles. The van der Waals surface area contributed by atoms with Gasteiger partial charge in [0.1, 0.15) is 17.6 Å². The van der Waals surface area contributed by atoms with Crippen LogP contribution in [0.3, 0.4) is 0 Å². The van der Waals surface area contributed by atoms with Crippen molar-refractivity contribution in [2.45, 2.75) is 50.4 Å². The molecule has 212 valence electrons. The molecule has 1 fully saturated rings. The van der Waals surface area contributed by atoms with E-state index in [1.807, 2.05) is 30.3 Å². The summed E-state index contributed by atoms with van der Waals surface area (Å²) in [4.78, 5) is 32.2. The Morgan fingerprint density at radius 2 is 1.56 bits per heavy atom. The normalized spacial score (nSPS) is 14.8. The smallest absolute Gasteiger partial charge is 0.351 e.